The van der Waals surface area contributed by atoms with Gasteiger partial charge in [-0.05, 0) is 144 Å². The summed E-state index contributed by atoms with van der Waals surface area (Å²) in [7, 11) is 0. The van der Waals surface area contributed by atoms with Crippen molar-refractivity contribution in [2.24, 2.45) is 5.73 Å². The van der Waals surface area contributed by atoms with Gasteiger partial charge in [0.2, 0.25) is 0 Å². The highest BCUT2D eigenvalue weighted by Crippen LogP contribution is 2.57. The van der Waals surface area contributed by atoms with E-state index in [1.165, 1.54) is 111 Å². The minimum absolute atomic E-state index is 0.254. The van der Waals surface area contributed by atoms with Gasteiger partial charge in [-0.1, -0.05) is 525 Å². The molecule has 0 bridgehead atoms. The maximum atomic E-state index is 4.85. The molecule has 600 valence electrons. The third-order valence-electron chi connectivity index (χ3n) is 16.6. The Labute approximate surface area is 691 Å². The van der Waals surface area contributed by atoms with Crippen molar-refractivity contribution in [3.63, 3.8) is 0 Å². The van der Waals surface area contributed by atoms with E-state index in [4.69, 9.17) is 5.73 Å². The molecule has 111 heavy (non-hydrogen) atoms. The van der Waals surface area contributed by atoms with Crippen LogP contribution in [0.3, 0.4) is 0 Å². The summed E-state index contributed by atoms with van der Waals surface area (Å²) in [5.74, 6) is 0. The van der Waals surface area contributed by atoms with Gasteiger partial charge in [0, 0.05) is 5.33 Å². The lowest BCUT2D eigenvalue weighted by molar-refractivity contribution is 0.762. The molecule has 0 aromatic heterocycles. The fourth-order valence-corrected chi connectivity index (χ4v) is 13.2. The van der Waals surface area contributed by atoms with Crippen molar-refractivity contribution in [2.75, 3.05) is 25.0 Å². The Morgan fingerprint density at radius 2 is 0.360 bits per heavy atom. The highest BCUT2D eigenvalue weighted by Gasteiger charge is 2.47. The summed E-state index contributed by atoms with van der Waals surface area (Å²) < 4.78 is 0. The van der Waals surface area contributed by atoms with E-state index in [0.717, 1.165) is 37.8 Å². The molecule has 0 amide bonds. The molecular formula is C108H151BrN2. The lowest BCUT2D eigenvalue weighted by atomic mass is 9.68. The van der Waals surface area contributed by atoms with Crippen LogP contribution in [-0.4, -0.2) is 25.0 Å². The molecule has 0 fully saturated rings. The molecule has 0 spiro atoms. The van der Waals surface area contributed by atoms with Gasteiger partial charge in [0.05, 0.1) is 10.8 Å². The van der Waals surface area contributed by atoms with E-state index in [2.05, 4.69) is 351 Å². The monoisotopic (exact) mass is 1560 g/mol. The minimum atomic E-state index is -0.254. The van der Waals surface area contributed by atoms with Crippen LogP contribution in [0.5, 0.6) is 0 Å². The fraction of sp³-hybridized carbons (Fsp3) is 0.333. The maximum absolute atomic E-state index is 4.85. The Kier molecular flexibility index (Phi) is 65.0. The molecule has 12 aromatic carbocycles. The molecule has 0 radical (unpaired) electrons. The SMILES string of the molecule is CC.CC.CC.CC.CC.CC.CC.CC.CC.CC.CC.CC.CCBr.CCN.CCNCC.c1ccc(C2(c3ccccc3)c3ccccc3-c3ccccc32)cc1.c1ccc(C2(c3ccccc3)c3ccccc3-c3ccccc32)cc1.c1ccc2c(c1)Cc1ccccc1-2.c1ccc2c(c1)Cc1ccccc1-2. The van der Waals surface area contributed by atoms with Crippen molar-refractivity contribution in [1.82, 2.24) is 5.32 Å². The van der Waals surface area contributed by atoms with Crippen LogP contribution in [0.25, 0.3) is 44.5 Å². The van der Waals surface area contributed by atoms with E-state index >= 15 is 0 Å². The number of rotatable bonds is 6. The van der Waals surface area contributed by atoms with Crippen molar-refractivity contribution in [2.45, 2.75) is 218 Å². The second-order valence-electron chi connectivity index (χ2n) is 21.8. The average molecular weight is 1560 g/mol. The summed E-state index contributed by atoms with van der Waals surface area (Å²) in [6.45, 7) is 59.1. The largest absolute Gasteiger partial charge is 0.331 e. The van der Waals surface area contributed by atoms with Crippen LogP contribution in [0, 0.1) is 0 Å². The number of alkyl halides is 1. The number of benzene rings is 12. The van der Waals surface area contributed by atoms with Crippen molar-refractivity contribution in [1.29, 1.82) is 0 Å². The van der Waals surface area contributed by atoms with Crippen LogP contribution in [0.2, 0.25) is 0 Å². The zero-order chi connectivity index (χ0) is 84.3. The van der Waals surface area contributed by atoms with Crippen LogP contribution in [0.4, 0.5) is 0 Å². The molecule has 4 aliphatic rings. The first-order valence-corrected chi connectivity index (χ1v) is 44.0. The van der Waals surface area contributed by atoms with Gasteiger partial charge in [-0.2, -0.15) is 0 Å². The van der Waals surface area contributed by atoms with Gasteiger partial charge in [-0.3, -0.25) is 0 Å². The first kappa shape index (κ1) is 106. The molecule has 16 rings (SSSR count). The molecule has 0 aliphatic heterocycles. The summed E-state index contributed by atoms with van der Waals surface area (Å²) >= 11 is 3.15. The van der Waals surface area contributed by atoms with Crippen LogP contribution < -0.4 is 11.1 Å². The van der Waals surface area contributed by atoms with Crippen molar-refractivity contribution in [3.8, 4) is 44.5 Å². The average Bonchev–Trinajstić information content (AvgIpc) is 1.56. The fourth-order valence-electron chi connectivity index (χ4n) is 13.2. The molecule has 2 nitrogen and oxygen atoms in total. The molecule has 0 saturated heterocycles. The molecule has 0 heterocycles. The van der Waals surface area contributed by atoms with Crippen LogP contribution in [0.15, 0.2) is 315 Å². The van der Waals surface area contributed by atoms with Gasteiger partial charge in [0.15, 0.2) is 0 Å². The van der Waals surface area contributed by atoms with Gasteiger partial charge in [-0.15, -0.1) is 0 Å². The van der Waals surface area contributed by atoms with Crippen LogP contribution in [-0.2, 0) is 23.7 Å². The summed E-state index contributed by atoms with van der Waals surface area (Å²) in [5, 5.41) is 4.17. The highest BCUT2D eigenvalue weighted by atomic mass is 79.9. The smallest absolute Gasteiger partial charge is 0.0713 e. The van der Waals surface area contributed by atoms with Gasteiger partial charge in [0.25, 0.3) is 0 Å². The standard InChI is InChI=1S/2C25H18.2C13H10.C4H11N.C2H5Br.C2H7N.12C2H6/c2*1-3-11-19(12-4-1)25(20-13-5-2-6-14-20)23-17-9-7-15-21(23)22-16-8-10-18-24(22)25;2*1-3-7-12-10(5-1)9-11-6-2-4-8-13(11)12;1-3-5-4-2;2*1-2-3;12*1-2/h2*1-18H;2*1-8H,9H2;5H,3-4H2,1-2H3;2H2,1H3;2-3H2,1H3;12*1-2H3. The third kappa shape index (κ3) is 28.9. The summed E-state index contributed by atoms with van der Waals surface area (Å²) in [6.07, 6.45) is 2.21. The van der Waals surface area contributed by atoms with Crippen molar-refractivity contribution >= 4 is 15.9 Å². The highest BCUT2D eigenvalue weighted by molar-refractivity contribution is 9.09. The van der Waals surface area contributed by atoms with Gasteiger partial charge < -0.3 is 11.1 Å². The van der Waals surface area contributed by atoms with Crippen molar-refractivity contribution in [3.05, 3.63) is 382 Å². The van der Waals surface area contributed by atoms with Crippen LogP contribution in [0.1, 0.15) is 261 Å². The first-order valence-electron chi connectivity index (χ1n) is 42.9. The summed E-state index contributed by atoms with van der Waals surface area (Å²) in [6, 6.07) is 114. The zero-order valence-electron chi connectivity index (χ0n) is 74.7. The Hall–Kier alpha value is -8.96. The Morgan fingerprint density at radius 1 is 0.225 bits per heavy atom. The molecule has 3 N–H and O–H groups in total. The molecule has 3 heteroatoms. The molecule has 12 aromatic rings. The van der Waals surface area contributed by atoms with Crippen LogP contribution >= 0.6 is 15.9 Å². The second kappa shape index (κ2) is 67.9. The molecular weight excluding hydrogens is 1410 g/mol. The van der Waals surface area contributed by atoms with E-state index in [-0.39, 0.29) is 10.8 Å². The summed E-state index contributed by atoms with van der Waals surface area (Å²) in [4.78, 5) is 0. The lowest BCUT2D eigenvalue weighted by Crippen LogP contribution is -2.28. The summed E-state index contributed by atoms with van der Waals surface area (Å²) in [5.41, 5.74) is 31.9. The normalized spacial score (nSPS) is 10.5. The maximum Gasteiger partial charge on any atom is 0.0713 e. The molecule has 0 saturated carbocycles. The Morgan fingerprint density at radius 3 is 0.514 bits per heavy atom. The molecule has 0 unspecified atom stereocenters. The van der Waals surface area contributed by atoms with E-state index < -0.39 is 0 Å². The van der Waals surface area contributed by atoms with Gasteiger partial charge in [-0.25, -0.2) is 0 Å². The second-order valence-corrected chi connectivity index (χ2v) is 22.9. The number of hydrogen-bond donors (Lipinski definition) is 2. The third-order valence-corrected chi connectivity index (χ3v) is 16.6. The van der Waals surface area contributed by atoms with E-state index in [1.807, 2.05) is 180 Å². The predicted molar refractivity (Wildman–Crippen MR) is 511 cm³/mol. The number of hydrogen-bond acceptors (Lipinski definition) is 2. The topological polar surface area (TPSA) is 38.0 Å². The Bertz CT molecular complexity index is 3570. The number of nitrogens with one attached hydrogen (secondary N) is 1. The number of halogens is 1. The lowest BCUT2D eigenvalue weighted by Gasteiger charge is -2.33. The first-order chi connectivity index (χ1) is 55.0. The van der Waals surface area contributed by atoms with E-state index in [1.54, 1.807) is 0 Å². The molecule has 0 atom stereocenters. The minimum Gasteiger partial charge on any atom is -0.331 e. The zero-order valence-corrected chi connectivity index (χ0v) is 76.3. The van der Waals surface area contributed by atoms with Gasteiger partial charge >= 0.3 is 0 Å². The van der Waals surface area contributed by atoms with Crippen molar-refractivity contribution < 1.29 is 0 Å². The van der Waals surface area contributed by atoms with E-state index in [9.17, 15) is 0 Å². The molecule has 4 aliphatic carbocycles. The Balaban J connectivity index is -0.00000126. The van der Waals surface area contributed by atoms with E-state index in [0.29, 0.717) is 0 Å². The van der Waals surface area contributed by atoms with Gasteiger partial charge in [0.1, 0.15) is 0 Å². The number of fused-ring (bicyclic) bond motifs is 12. The number of nitrogens with two attached hydrogens (primary N) is 1. The predicted octanol–water partition coefficient (Wildman–Crippen LogP) is 32.9. The quantitative estimate of drug-likeness (QED) is 0.163.